The minimum atomic E-state index is 0.438. The third-order valence-corrected chi connectivity index (χ3v) is 3.18. The van der Waals surface area contributed by atoms with Gasteiger partial charge in [-0.1, -0.05) is 13.8 Å². The summed E-state index contributed by atoms with van der Waals surface area (Å²) in [6.07, 6.45) is 5.41. The number of rotatable bonds is 5. The first-order chi connectivity index (χ1) is 7.08. The highest BCUT2D eigenvalue weighted by molar-refractivity contribution is 4.77. The summed E-state index contributed by atoms with van der Waals surface area (Å²) in [5.74, 6) is 0.822. The summed E-state index contributed by atoms with van der Waals surface area (Å²) in [5.41, 5.74) is 0. The van der Waals surface area contributed by atoms with E-state index in [0.717, 1.165) is 12.5 Å². The first-order valence-corrected chi connectivity index (χ1v) is 6.45. The Kier molecular flexibility index (Phi) is 5.62. The molecule has 0 saturated carbocycles. The molecule has 0 radical (unpaired) electrons. The van der Waals surface area contributed by atoms with Gasteiger partial charge in [0, 0.05) is 18.7 Å². The fraction of sp³-hybridized carbons (Fsp3) is 1.00. The summed E-state index contributed by atoms with van der Waals surface area (Å²) in [4.78, 5) is 0. The second kappa shape index (κ2) is 6.49. The molecule has 3 unspecified atom stereocenters. The molecule has 1 rings (SSSR count). The largest absolute Gasteiger partial charge is 0.378 e. The summed E-state index contributed by atoms with van der Waals surface area (Å²) in [6, 6.07) is 1.33. The maximum atomic E-state index is 5.55. The fourth-order valence-electron chi connectivity index (χ4n) is 2.22. The average Bonchev–Trinajstić information content (AvgIpc) is 2.15. The van der Waals surface area contributed by atoms with Crippen molar-refractivity contribution in [2.24, 2.45) is 5.92 Å². The van der Waals surface area contributed by atoms with Crippen LogP contribution in [0.5, 0.6) is 0 Å². The lowest BCUT2D eigenvalue weighted by Gasteiger charge is -2.30. The zero-order valence-electron chi connectivity index (χ0n) is 10.8. The SMILES string of the molecule is CC(C)CCC(C)NC1CCOC(C)C1. The summed E-state index contributed by atoms with van der Waals surface area (Å²) in [6.45, 7) is 10.00. The van der Waals surface area contributed by atoms with E-state index < -0.39 is 0 Å². The van der Waals surface area contributed by atoms with E-state index in [-0.39, 0.29) is 0 Å². The van der Waals surface area contributed by atoms with Crippen molar-refractivity contribution in [3.05, 3.63) is 0 Å². The van der Waals surface area contributed by atoms with E-state index in [1.807, 2.05) is 0 Å². The van der Waals surface area contributed by atoms with Crippen LogP contribution in [0, 0.1) is 5.92 Å². The maximum Gasteiger partial charge on any atom is 0.0561 e. The quantitative estimate of drug-likeness (QED) is 0.758. The summed E-state index contributed by atoms with van der Waals surface area (Å²) in [5, 5.41) is 3.72. The van der Waals surface area contributed by atoms with Crippen molar-refractivity contribution in [1.29, 1.82) is 0 Å². The molecule has 1 aliphatic heterocycles. The van der Waals surface area contributed by atoms with Crippen molar-refractivity contribution < 1.29 is 4.74 Å². The van der Waals surface area contributed by atoms with Gasteiger partial charge in [-0.15, -0.1) is 0 Å². The highest BCUT2D eigenvalue weighted by atomic mass is 16.5. The third kappa shape index (κ3) is 5.53. The van der Waals surface area contributed by atoms with Gasteiger partial charge in [-0.25, -0.2) is 0 Å². The summed E-state index contributed by atoms with van der Waals surface area (Å²) in [7, 11) is 0. The minimum Gasteiger partial charge on any atom is -0.378 e. The predicted molar refractivity (Wildman–Crippen MR) is 65.1 cm³/mol. The average molecular weight is 213 g/mol. The van der Waals surface area contributed by atoms with Crippen molar-refractivity contribution in [2.75, 3.05) is 6.61 Å². The molecule has 0 aromatic carbocycles. The highest BCUT2D eigenvalue weighted by Crippen LogP contribution is 2.15. The predicted octanol–water partition coefficient (Wildman–Crippen LogP) is 2.97. The molecule has 15 heavy (non-hydrogen) atoms. The standard InChI is InChI=1S/C13H27NO/c1-10(2)5-6-11(3)14-13-7-8-15-12(4)9-13/h10-14H,5-9H2,1-4H3. The van der Waals surface area contributed by atoms with E-state index in [4.69, 9.17) is 4.74 Å². The molecule has 0 amide bonds. The number of ether oxygens (including phenoxy) is 1. The molecule has 0 spiro atoms. The van der Waals surface area contributed by atoms with Crippen LogP contribution in [-0.4, -0.2) is 24.8 Å². The van der Waals surface area contributed by atoms with Crippen LogP contribution in [0.15, 0.2) is 0 Å². The van der Waals surface area contributed by atoms with Gasteiger partial charge in [0.1, 0.15) is 0 Å². The number of hydrogen-bond acceptors (Lipinski definition) is 2. The van der Waals surface area contributed by atoms with Crippen LogP contribution in [-0.2, 0) is 4.74 Å². The van der Waals surface area contributed by atoms with Gasteiger partial charge in [0.05, 0.1) is 6.10 Å². The molecule has 1 N–H and O–H groups in total. The molecule has 90 valence electrons. The lowest BCUT2D eigenvalue weighted by atomic mass is 10.0. The monoisotopic (exact) mass is 213 g/mol. The Labute approximate surface area is 94.8 Å². The molecule has 2 heteroatoms. The van der Waals surface area contributed by atoms with Crippen LogP contribution in [0.4, 0.5) is 0 Å². The highest BCUT2D eigenvalue weighted by Gasteiger charge is 2.20. The van der Waals surface area contributed by atoms with Gasteiger partial charge < -0.3 is 10.1 Å². The molecular weight excluding hydrogens is 186 g/mol. The van der Waals surface area contributed by atoms with Crippen LogP contribution < -0.4 is 5.32 Å². The molecule has 3 atom stereocenters. The Morgan fingerprint density at radius 3 is 2.60 bits per heavy atom. The Morgan fingerprint density at radius 2 is 2.00 bits per heavy atom. The van der Waals surface area contributed by atoms with Crippen molar-refractivity contribution >= 4 is 0 Å². The van der Waals surface area contributed by atoms with Crippen LogP contribution in [0.25, 0.3) is 0 Å². The zero-order chi connectivity index (χ0) is 11.3. The van der Waals surface area contributed by atoms with E-state index in [2.05, 4.69) is 33.0 Å². The second-order valence-corrected chi connectivity index (χ2v) is 5.44. The smallest absolute Gasteiger partial charge is 0.0561 e. The van der Waals surface area contributed by atoms with E-state index in [1.165, 1.54) is 25.7 Å². The molecule has 0 aromatic heterocycles. The summed E-state index contributed by atoms with van der Waals surface area (Å²) >= 11 is 0. The molecule has 1 aliphatic rings. The lowest BCUT2D eigenvalue weighted by molar-refractivity contribution is 0.0114. The van der Waals surface area contributed by atoms with Crippen LogP contribution >= 0.6 is 0 Å². The fourth-order valence-corrected chi connectivity index (χ4v) is 2.22. The number of nitrogens with one attached hydrogen (secondary N) is 1. The van der Waals surface area contributed by atoms with Gasteiger partial charge in [0.2, 0.25) is 0 Å². The van der Waals surface area contributed by atoms with Crippen LogP contribution in [0.1, 0.15) is 53.4 Å². The number of hydrogen-bond donors (Lipinski definition) is 1. The van der Waals surface area contributed by atoms with Gasteiger partial charge in [0.15, 0.2) is 0 Å². The van der Waals surface area contributed by atoms with Crippen molar-refractivity contribution in [1.82, 2.24) is 5.32 Å². The Hall–Kier alpha value is -0.0800. The van der Waals surface area contributed by atoms with Gasteiger partial charge in [-0.05, 0) is 45.4 Å². The van der Waals surface area contributed by atoms with E-state index in [9.17, 15) is 0 Å². The van der Waals surface area contributed by atoms with Crippen molar-refractivity contribution in [3.63, 3.8) is 0 Å². The normalized spacial score (nSPS) is 29.4. The molecule has 0 bridgehead atoms. The van der Waals surface area contributed by atoms with Crippen molar-refractivity contribution in [2.45, 2.75) is 71.6 Å². The first-order valence-electron chi connectivity index (χ1n) is 6.45. The molecular formula is C13H27NO. The Bertz CT molecular complexity index is 170. The lowest BCUT2D eigenvalue weighted by Crippen LogP contribution is -2.42. The molecule has 2 nitrogen and oxygen atoms in total. The third-order valence-electron chi connectivity index (χ3n) is 3.18. The molecule has 0 aromatic rings. The van der Waals surface area contributed by atoms with Crippen molar-refractivity contribution in [3.8, 4) is 0 Å². The van der Waals surface area contributed by atoms with Crippen LogP contribution in [0.2, 0.25) is 0 Å². The van der Waals surface area contributed by atoms with Gasteiger partial charge >= 0.3 is 0 Å². The Balaban J connectivity index is 2.16. The van der Waals surface area contributed by atoms with Gasteiger partial charge in [-0.3, -0.25) is 0 Å². The van der Waals surface area contributed by atoms with Crippen LogP contribution in [0.3, 0.4) is 0 Å². The van der Waals surface area contributed by atoms with E-state index in [0.29, 0.717) is 18.2 Å². The Morgan fingerprint density at radius 1 is 1.27 bits per heavy atom. The first kappa shape index (κ1) is 13.0. The molecule has 1 heterocycles. The molecule has 1 saturated heterocycles. The second-order valence-electron chi connectivity index (χ2n) is 5.44. The zero-order valence-corrected chi connectivity index (χ0v) is 10.8. The minimum absolute atomic E-state index is 0.438. The topological polar surface area (TPSA) is 21.3 Å². The molecule has 0 aliphatic carbocycles. The van der Waals surface area contributed by atoms with Gasteiger partial charge in [0.25, 0.3) is 0 Å². The molecule has 1 fully saturated rings. The summed E-state index contributed by atoms with van der Waals surface area (Å²) < 4.78 is 5.55. The van der Waals surface area contributed by atoms with E-state index in [1.54, 1.807) is 0 Å². The van der Waals surface area contributed by atoms with Gasteiger partial charge in [-0.2, -0.15) is 0 Å². The van der Waals surface area contributed by atoms with E-state index >= 15 is 0 Å². The maximum absolute atomic E-state index is 5.55.